The minimum Gasteiger partial charge on any atom is -0.299 e. The molecule has 0 fully saturated rings. The molecule has 3 heterocycles. The van der Waals surface area contributed by atoms with E-state index in [1.165, 1.54) is 64.8 Å². The maximum atomic E-state index is 2.45. The van der Waals surface area contributed by atoms with Gasteiger partial charge in [-0.2, -0.15) is 0 Å². The van der Waals surface area contributed by atoms with Gasteiger partial charge in [-0.1, -0.05) is 91.0 Å². The van der Waals surface area contributed by atoms with E-state index in [2.05, 4.69) is 143 Å². The molecule has 0 radical (unpaired) electrons. The molecular weight excluding hydrogens is 468 g/mol. The lowest BCUT2D eigenvalue weighted by Crippen LogP contribution is -1.96. The fraction of sp³-hybridized carbons (Fsp3) is 0. The zero-order chi connectivity index (χ0) is 24.3. The van der Waals surface area contributed by atoms with Crippen molar-refractivity contribution >= 4 is 48.2 Å². The van der Waals surface area contributed by atoms with Crippen LogP contribution in [0.5, 0.6) is 0 Å². The van der Waals surface area contributed by atoms with Crippen molar-refractivity contribution in [2.24, 2.45) is 0 Å². The Kier molecular flexibility index (Phi) is 4.42. The number of fused-ring (bicyclic) bond motifs is 7. The van der Waals surface area contributed by atoms with Crippen LogP contribution in [-0.2, 0) is 0 Å². The number of aromatic nitrogens is 2. The number of imidazole rings is 1. The minimum atomic E-state index is 1.17. The Balaban J connectivity index is 1.51. The standard InChI is InChI=1S/C34H22N2S/c1-3-11-23(12-4-1)25-19-26(24-13-5-2-6-14-24)21-27(20-25)36-31-17-9-8-16-30(31)35-22-29-28-15-7-10-18-32(28)37-33(29)34(35)36/h1-22H. The molecule has 0 aliphatic heterocycles. The molecule has 0 saturated heterocycles. The van der Waals surface area contributed by atoms with Crippen molar-refractivity contribution in [2.75, 3.05) is 0 Å². The molecule has 37 heavy (non-hydrogen) atoms. The Morgan fingerprint density at radius 1 is 0.486 bits per heavy atom. The molecule has 0 atom stereocenters. The second-order valence-electron chi connectivity index (χ2n) is 9.49. The van der Waals surface area contributed by atoms with Crippen LogP contribution in [0.25, 0.3) is 64.8 Å². The van der Waals surface area contributed by atoms with Crippen molar-refractivity contribution in [3.63, 3.8) is 0 Å². The quantitative estimate of drug-likeness (QED) is 0.233. The molecule has 8 aromatic rings. The summed E-state index contributed by atoms with van der Waals surface area (Å²) in [6.07, 6.45) is 2.32. The number of rotatable bonds is 3. The maximum absolute atomic E-state index is 2.45. The summed E-state index contributed by atoms with van der Waals surface area (Å²) in [5.41, 5.74) is 9.69. The monoisotopic (exact) mass is 490 g/mol. The van der Waals surface area contributed by atoms with Gasteiger partial charge in [0.05, 0.1) is 15.7 Å². The van der Waals surface area contributed by atoms with Crippen molar-refractivity contribution in [3.8, 4) is 27.9 Å². The molecule has 2 nitrogen and oxygen atoms in total. The van der Waals surface area contributed by atoms with E-state index in [4.69, 9.17) is 0 Å². The number of nitrogens with zero attached hydrogens (tertiary/aromatic N) is 2. The molecule has 0 spiro atoms. The van der Waals surface area contributed by atoms with Crippen LogP contribution in [0.4, 0.5) is 0 Å². The van der Waals surface area contributed by atoms with Gasteiger partial charge in [0.15, 0.2) is 0 Å². The predicted octanol–water partition coefficient (Wildman–Crippen LogP) is 9.59. The van der Waals surface area contributed by atoms with Crippen LogP contribution in [0.2, 0.25) is 0 Å². The summed E-state index contributed by atoms with van der Waals surface area (Å²) in [6, 6.07) is 45.8. The Morgan fingerprint density at radius 2 is 1.08 bits per heavy atom. The van der Waals surface area contributed by atoms with E-state index in [1.807, 2.05) is 11.3 Å². The van der Waals surface area contributed by atoms with E-state index < -0.39 is 0 Å². The summed E-state index contributed by atoms with van der Waals surface area (Å²) in [5, 5.41) is 2.64. The summed E-state index contributed by atoms with van der Waals surface area (Å²) in [5.74, 6) is 0. The number of thiophene rings is 1. The molecule has 174 valence electrons. The van der Waals surface area contributed by atoms with Crippen LogP contribution in [0.3, 0.4) is 0 Å². The third kappa shape index (κ3) is 3.11. The highest BCUT2D eigenvalue weighted by atomic mass is 32.1. The molecule has 0 unspecified atom stereocenters. The van der Waals surface area contributed by atoms with Crippen molar-refractivity contribution in [1.29, 1.82) is 0 Å². The van der Waals surface area contributed by atoms with Crippen molar-refractivity contribution < 1.29 is 0 Å². The molecule has 0 N–H and O–H groups in total. The molecule has 0 amide bonds. The lowest BCUT2D eigenvalue weighted by atomic mass is 9.98. The maximum Gasteiger partial charge on any atom is 0.140 e. The fourth-order valence-corrected chi connectivity index (χ4v) is 6.83. The Hall–Kier alpha value is -4.60. The zero-order valence-electron chi connectivity index (χ0n) is 20.0. The highest BCUT2D eigenvalue weighted by Crippen LogP contribution is 2.41. The summed E-state index contributed by atoms with van der Waals surface area (Å²) in [4.78, 5) is 0. The van der Waals surface area contributed by atoms with Gasteiger partial charge in [-0.25, -0.2) is 0 Å². The van der Waals surface area contributed by atoms with Crippen LogP contribution in [0.1, 0.15) is 0 Å². The van der Waals surface area contributed by atoms with E-state index in [1.54, 1.807) is 0 Å². The first-order valence-corrected chi connectivity index (χ1v) is 13.3. The molecule has 0 aliphatic rings. The molecule has 0 bridgehead atoms. The molecular formula is C34H22N2S. The fourth-order valence-electron chi connectivity index (χ4n) is 5.62. The Morgan fingerprint density at radius 3 is 1.78 bits per heavy atom. The highest BCUT2D eigenvalue weighted by Gasteiger charge is 2.20. The zero-order valence-corrected chi connectivity index (χ0v) is 20.8. The summed E-state index contributed by atoms with van der Waals surface area (Å²) in [7, 11) is 0. The van der Waals surface area contributed by atoms with Gasteiger partial charge in [-0.15, -0.1) is 11.3 Å². The lowest BCUT2D eigenvalue weighted by molar-refractivity contribution is 1.15. The largest absolute Gasteiger partial charge is 0.299 e. The predicted molar refractivity (Wildman–Crippen MR) is 158 cm³/mol. The topological polar surface area (TPSA) is 9.34 Å². The van der Waals surface area contributed by atoms with Gasteiger partial charge >= 0.3 is 0 Å². The average Bonchev–Trinajstić information content (AvgIpc) is 3.61. The first-order valence-electron chi connectivity index (χ1n) is 12.5. The smallest absolute Gasteiger partial charge is 0.140 e. The van der Waals surface area contributed by atoms with Gasteiger partial charge in [-0.3, -0.25) is 8.97 Å². The SMILES string of the molecule is c1ccc(-c2cc(-c3ccccc3)cc(-n3c4ccccc4n4cc5c6ccccc6sc5c34)c2)cc1. The van der Waals surface area contributed by atoms with Gasteiger partial charge in [0.25, 0.3) is 0 Å². The number of benzene rings is 5. The first kappa shape index (κ1) is 20.6. The van der Waals surface area contributed by atoms with Crippen LogP contribution in [-0.4, -0.2) is 8.97 Å². The summed E-state index contributed by atoms with van der Waals surface area (Å²) < 4.78 is 7.48. The van der Waals surface area contributed by atoms with Crippen LogP contribution >= 0.6 is 11.3 Å². The van der Waals surface area contributed by atoms with Crippen molar-refractivity contribution in [1.82, 2.24) is 8.97 Å². The van der Waals surface area contributed by atoms with Crippen LogP contribution in [0, 0.1) is 0 Å². The first-order chi connectivity index (χ1) is 18.3. The van der Waals surface area contributed by atoms with Crippen LogP contribution < -0.4 is 0 Å². The van der Waals surface area contributed by atoms with E-state index >= 15 is 0 Å². The third-order valence-electron chi connectivity index (χ3n) is 7.31. The van der Waals surface area contributed by atoms with E-state index in [9.17, 15) is 0 Å². The number of para-hydroxylation sites is 2. The second-order valence-corrected chi connectivity index (χ2v) is 10.5. The Bertz CT molecular complexity index is 2020. The van der Waals surface area contributed by atoms with Gasteiger partial charge in [0, 0.05) is 27.4 Å². The van der Waals surface area contributed by atoms with Crippen LogP contribution in [0.15, 0.2) is 134 Å². The van der Waals surface area contributed by atoms with E-state index in [0.717, 1.165) is 0 Å². The van der Waals surface area contributed by atoms with Crippen molar-refractivity contribution in [2.45, 2.75) is 0 Å². The van der Waals surface area contributed by atoms with Gasteiger partial charge < -0.3 is 0 Å². The molecule has 3 aromatic heterocycles. The second kappa shape index (κ2) is 7.95. The lowest BCUT2D eigenvalue weighted by Gasteiger charge is -2.13. The minimum absolute atomic E-state index is 1.17. The van der Waals surface area contributed by atoms with Gasteiger partial charge in [0.1, 0.15) is 5.65 Å². The molecule has 0 saturated carbocycles. The third-order valence-corrected chi connectivity index (χ3v) is 8.49. The molecule has 8 rings (SSSR count). The average molecular weight is 491 g/mol. The molecule has 3 heteroatoms. The molecule has 0 aliphatic carbocycles. The number of hydrogen-bond acceptors (Lipinski definition) is 1. The number of hydrogen-bond donors (Lipinski definition) is 0. The molecule has 5 aromatic carbocycles. The summed E-state index contributed by atoms with van der Waals surface area (Å²) >= 11 is 1.88. The van der Waals surface area contributed by atoms with Gasteiger partial charge in [0.2, 0.25) is 0 Å². The van der Waals surface area contributed by atoms with E-state index in [0.29, 0.717) is 0 Å². The Labute approximate surface area is 218 Å². The highest BCUT2D eigenvalue weighted by molar-refractivity contribution is 7.26. The van der Waals surface area contributed by atoms with E-state index in [-0.39, 0.29) is 0 Å². The van der Waals surface area contributed by atoms with Gasteiger partial charge in [-0.05, 0) is 58.7 Å². The summed E-state index contributed by atoms with van der Waals surface area (Å²) in [6.45, 7) is 0. The normalized spacial score (nSPS) is 11.8. The van der Waals surface area contributed by atoms with Crippen molar-refractivity contribution in [3.05, 3.63) is 134 Å².